The summed E-state index contributed by atoms with van der Waals surface area (Å²) in [7, 11) is 0. The van der Waals surface area contributed by atoms with Crippen molar-refractivity contribution in [2.75, 3.05) is 13.1 Å². The number of carbonyl (C=O) groups excluding carboxylic acids is 1. The number of benzene rings is 1. The number of carbonyl (C=O) groups is 1. The third kappa shape index (κ3) is 1.79. The average molecular weight is 242 g/mol. The molecule has 1 amide bonds. The summed E-state index contributed by atoms with van der Waals surface area (Å²) in [6, 6.07) is 9.06. The van der Waals surface area contributed by atoms with E-state index in [1.54, 1.807) is 17.0 Å². The standard InChI is InChI=1S/C14H14N2O2/c17-13-11-6-2-1-5-10(11)9-12(15-13)14(18)16-7-3-4-8-16/h1-2,5-6,9H,3-4,7-8H2,(H,15,17). The number of aromatic amines is 1. The van der Waals surface area contributed by atoms with Crippen LogP contribution in [-0.4, -0.2) is 28.9 Å². The van der Waals surface area contributed by atoms with Crippen molar-refractivity contribution in [1.29, 1.82) is 0 Å². The lowest BCUT2D eigenvalue weighted by atomic mass is 10.1. The van der Waals surface area contributed by atoms with E-state index in [0.717, 1.165) is 31.3 Å². The van der Waals surface area contributed by atoms with E-state index in [2.05, 4.69) is 4.98 Å². The lowest BCUT2D eigenvalue weighted by Gasteiger charge is -2.15. The van der Waals surface area contributed by atoms with Gasteiger partial charge in [0.25, 0.3) is 11.5 Å². The first-order chi connectivity index (χ1) is 8.75. The topological polar surface area (TPSA) is 53.2 Å². The monoisotopic (exact) mass is 242 g/mol. The van der Waals surface area contributed by atoms with Gasteiger partial charge in [-0.2, -0.15) is 0 Å². The van der Waals surface area contributed by atoms with Gasteiger partial charge in [-0.15, -0.1) is 0 Å². The van der Waals surface area contributed by atoms with Gasteiger partial charge in [0.15, 0.2) is 0 Å². The fourth-order valence-corrected chi connectivity index (χ4v) is 2.42. The smallest absolute Gasteiger partial charge is 0.270 e. The molecule has 0 bridgehead atoms. The van der Waals surface area contributed by atoms with Gasteiger partial charge < -0.3 is 9.88 Å². The highest BCUT2D eigenvalue weighted by Crippen LogP contribution is 2.14. The number of amides is 1. The molecule has 0 radical (unpaired) electrons. The van der Waals surface area contributed by atoms with Gasteiger partial charge in [-0.1, -0.05) is 18.2 Å². The van der Waals surface area contributed by atoms with Crippen molar-refractivity contribution in [2.24, 2.45) is 0 Å². The molecule has 0 aliphatic carbocycles. The van der Waals surface area contributed by atoms with Crippen LogP contribution in [0.3, 0.4) is 0 Å². The molecule has 18 heavy (non-hydrogen) atoms. The van der Waals surface area contributed by atoms with Crippen LogP contribution in [-0.2, 0) is 0 Å². The van der Waals surface area contributed by atoms with Crippen LogP contribution in [0, 0.1) is 0 Å². The molecule has 1 aromatic carbocycles. The number of aromatic nitrogens is 1. The number of nitrogens with zero attached hydrogens (tertiary/aromatic N) is 1. The second-order valence-corrected chi connectivity index (χ2v) is 4.60. The van der Waals surface area contributed by atoms with Crippen molar-refractivity contribution in [3.63, 3.8) is 0 Å². The molecule has 4 heteroatoms. The van der Waals surface area contributed by atoms with Crippen molar-refractivity contribution in [1.82, 2.24) is 9.88 Å². The number of likely N-dealkylation sites (tertiary alicyclic amines) is 1. The van der Waals surface area contributed by atoms with E-state index in [0.29, 0.717) is 11.1 Å². The number of nitrogens with one attached hydrogen (secondary N) is 1. The number of hydrogen-bond donors (Lipinski definition) is 1. The Hall–Kier alpha value is -2.10. The van der Waals surface area contributed by atoms with E-state index in [9.17, 15) is 9.59 Å². The molecule has 2 heterocycles. The van der Waals surface area contributed by atoms with Crippen LogP contribution in [0.1, 0.15) is 23.3 Å². The van der Waals surface area contributed by atoms with E-state index in [-0.39, 0.29) is 11.5 Å². The molecule has 1 aromatic heterocycles. The molecule has 0 atom stereocenters. The molecule has 0 spiro atoms. The third-order valence-electron chi connectivity index (χ3n) is 3.38. The second kappa shape index (κ2) is 4.29. The molecular formula is C14H14N2O2. The summed E-state index contributed by atoms with van der Waals surface area (Å²) in [4.78, 5) is 28.6. The Kier molecular flexibility index (Phi) is 2.63. The summed E-state index contributed by atoms with van der Waals surface area (Å²) in [6.07, 6.45) is 2.09. The maximum atomic E-state index is 12.2. The van der Waals surface area contributed by atoms with Gasteiger partial charge in [-0.25, -0.2) is 0 Å². The zero-order valence-electron chi connectivity index (χ0n) is 9.98. The van der Waals surface area contributed by atoms with E-state index in [1.807, 2.05) is 18.2 Å². The van der Waals surface area contributed by atoms with Crippen LogP contribution < -0.4 is 5.56 Å². The fourth-order valence-electron chi connectivity index (χ4n) is 2.42. The van der Waals surface area contributed by atoms with Gasteiger partial charge in [-0.05, 0) is 30.4 Å². The SMILES string of the molecule is O=C(c1cc2ccccc2c(=O)[nH]1)N1CCCC1. The summed E-state index contributed by atoms with van der Waals surface area (Å²) in [5.74, 6) is -0.0737. The Balaban J connectivity index is 2.07. The predicted molar refractivity (Wildman–Crippen MR) is 69.7 cm³/mol. The highest BCUT2D eigenvalue weighted by Gasteiger charge is 2.20. The Labute approximate surface area is 104 Å². The highest BCUT2D eigenvalue weighted by atomic mass is 16.2. The number of fused-ring (bicyclic) bond motifs is 1. The summed E-state index contributed by atoms with van der Waals surface area (Å²) in [5, 5.41) is 1.43. The van der Waals surface area contributed by atoms with Crippen LogP contribution in [0.25, 0.3) is 10.8 Å². The molecule has 1 N–H and O–H groups in total. The molecule has 1 aliphatic rings. The van der Waals surface area contributed by atoms with Gasteiger partial charge in [-0.3, -0.25) is 9.59 Å². The first kappa shape index (κ1) is 11.0. The fraction of sp³-hybridized carbons (Fsp3) is 0.286. The Morgan fingerprint density at radius 2 is 1.89 bits per heavy atom. The minimum atomic E-state index is -0.198. The molecule has 3 rings (SSSR count). The zero-order valence-corrected chi connectivity index (χ0v) is 9.98. The van der Waals surface area contributed by atoms with E-state index < -0.39 is 0 Å². The van der Waals surface area contributed by atoms with Crippen LogP contribution in [0.2, 0.25) is 0 Å². The first-order valence-corrected chi connectivity index (χ1v) is 6.17. The van der Waals surface area contributed by atoms with Crippen molar-refractivity contribution in [3.05, 3.63) is 46.4 Å². The van der Waals surface area contributed by atoms with Gasteiger partial charge in [0.1, 0.15) is 5.69 Å². The van der Waals surface area contributed by atoms with E-state index in [1.165, 1.54) is 0 Å². The van der Waals surface area contributed by atoms with Crippen molar-refractivity contribution in [3.8, 4) is 0 Å². The molecule has 0 unspecified atom stereocenters. The summed E-state index contributed by atoms with van der Waals surface area (Å²) >= 11 is 0. The molecule has 2 aromatic rings. The lowest BCUT2D eigenvalue weighted by molar-refractivity contribution is 0.0787. The molecule has 4 nitrogen and oxygen atoms in total. The quantitative estimate of drug-likeness (QED) is 0.828. The van der Waals surface area contributed by atoms with Gasteiger partial charge in [0, 0.05) is 18.5 Å². The largest absolute Gasteiger partial charge is 0.337 e. The lowest BCUT2D eigenvalue weighted by Crippen LogP contribution is -2.29. The van der Waals surface area contributed by atoms with Gasteiger partial charge in [0.2, 0.25) is 0 Å². The van der Waals surface area contributed by atoms with Crippen molar-refractivity contribution in [2.45, 2.75) is 12.8 Å². The first-order valence-electron chi connectivity index (χ1n) is 6.17. The Bertz CT molecular complexity index is 654. The minimum Gasteiger partial charge on any atom is -0.337 e. The highest BCUT2D eigenvalue weighted by molar-refractivity contribution is 5.96. The Morgan fingerprint density at radius 3 is 2.67 bits per heavy atom. The minimum absolute atomic E-state index is 0.0737. The molecule has 1 fully saturated rings. The van der Waals surface area contributed by atoms with Gasteiger partial charge in [0.05, 0.1) is 0 Å². The third-order valence-corrected chi connectivity index (χ3v) is 3.38. The Morgan fingerprint density at radius 1 is 1.17 bits per heavy atom. The average Bonchev–Trinajstić information content (AvgIpc) is 2.91. The van der Waals surface area contributed by atoms with Crippen LogP contribution in [0.5, 0.6) is 0 Å². The number of H-pyrrole nitrogens is 1. The molecule has 1 aliphatic heterocycles. The van der Waals surface area contributed by atoms with Gasteiger partial charge >= 0.3 is 0 Å². The van der Waals surface area contributed by atoms with E-state index >= 15 is 0 Å². The molecule has 1 saturated heterocycles. The molecule has 92 valence electrons. The van der Waals surface area contributed by atoms with Crippen molar-refractivity contribution >= 4 is 16.7 Å². The van der Waals surface area contributed by atoms with Crippen molar-refractivity contribution < 1.29 is 4.79 Å². The summed E-state index contributed by atoms with van der Waals surface area (Å²) in [6.45, 7) is 1.57. The second-order valence-electron chi connectivity index (χ2n) is 4.60. The summed E-state index contributed by atoms with van der Waals surface area (Å²) in [5.41, 5.74) is 0.191. The van der Waals surface area contributed by atoms with E-state index in [4.69, 9.17) is 0 Å². The maximum Gasteiger partial charge on any atom is 0.270 e. The molecular weight excluding hydrogens is 228 g/mol. The maximum absolute atomic E-state index is 12.2. The normalized spacial score (nSPS) is 15.2. The van der Waals surface area contributed by atoms with Crippen LogP contribution in [0.4, 0.5) is 0 Å². The zero-order chi connectivity index (χ0) is 12.5. The predicted octanol–water partition coefficient (Wildman–Crippen LogP) is 1.76. The number of pyridine rings is 1. The summed E-state index contributed by atoms with van der Waals surface area (Å²) < 4.78 is 0. The molecule has 0 saturated carbocycles. The van der Waals surface area contributed by atoms with Crippen LogP contribution >= 0.6 is 0 Å². The number of rotatable bonds is 1. The van der Waals surface area contributed by atoms with Crippen LogP contribution in [0.15, 0.2) is 35.1 Å². The number of hydrogen-bond acceptors (Lipinski definition) is 2.